The van der Waals surface area contributed by atoms with E-state index in [9.17, 15) is 9.59 Å². The highest BCUT2D eigenvalue weighted by atomic mass is 16.4. The minimum atomic E-state index is -0.325. The van der Waals surface area contributed by atoms with E-state index < -0.39 is 0 Å². The van der Waals surface area contributed by atoms with E-state index in [2.05, 4.69) is 15.4 Å². The fourth-order valence-electron chi connectivity index (χ4n) is 2.72. The molecule has 4 rings (SSSR count). The number of para-hydroxylation sites is 1. The molecule has 27 heavy (non-hydrogen) atoms. The molecule has 0 fully saturated rings. The lowest BCUT2D eigenvalue weighted by Crippen LogP contribution is -2.33. The highest BCUT2D eigenvalue weighted by Gasteiger charge is 2.10. The Morgan fingerprint density at radius 1 is 1.04 bits per heavy atom. The summed E-state index contributed by atoms with van der Waals surface area (Å²) < 4.78 is 6.77. The molecular weight excluding hydrogens is 344 g/mol. The SMILES string of the molecule is O=C(CCc1ncc(-c2ccccc2)o1)Nn1cnc2ccccc2c1=O. The number of oxazole rings is 1. The largest absolute Gasteiger partial charge is 0.441 e. The summed E-state index contributed by atoms with van der Waals surface area (Å²) in [5.74, 6) is 0.794. The number of aryl methyl sites for hydroxylation is 1. The van der Waals surface area contributed by atoms with Crippen molar-refractivity contribution in [3.63, 3.8) is 0 Å². The van der Waals surface area contributed by atoms with Crippen molar-refractivity contribution in [2.24, 2.45) is 0 Å². The predicted octanol–water partition coefficient (Wildman–Crippen LogP) is 2.75. The summed E-state index contributed by atoms with van der Waals surface area (Å²) in [6.45, 7) is 0. The maximum absolute atomic E-state index is 12.4. The molecule has 0 saturated carbocycles. The minimum absolute atomic E-state index is 0.133. The standard InChI is InChI=1S/C20H16N4O3/c25-18(23-24-13-22-16-9-5-4-8-15(16)20(24)26)10-11-19-21-12-17(27-19)14-6-2-1-3-7-14/h1-9,12-13H,10-11H2,(H,23,25). The van der Waals surface area contributed by atoms with Gasteiger partial charge in [0.1, 0.15) is 6.33 Å². The van der Waals surface area contributed by atoms with E-state index in [0.717, 1.165) is 10.2 Å². The molecule has 134 valence electrons. The highest BCUT2D eigenvalue weighted by Crippen LogP contribution is 2.20. The lowest BCUT2D eigenvalue weighted by molar-refractivity contribution is -0.117. The summed E-state index contributed by atoms with van der Waals surface area (Å²) >= 11 is 0. The molecule has 0 aliphatic rings. The minimum Gasteiger partial charge on any atom is -0.441 e. The van der Waals surface area contributed by atoms with Gasteiger partial charge in [0.25, 0.3) is 5.56 Å². The molecule has 2 aromatic heterocycles. The van der Waals surface area contributed by atoms with E-state index in [0.29, 0.717) is 29.0 Å². The second kappa shape index (κ2) is 7.25. The van der Waals surface area contributed by atoms with Crippen LogP contribution in [0.3, 0.4) is 0 Å². The summed E-state index contributed by atoms with van der Waals surface area (Å²) in [6.07, 6.45) is 3.41. The van der Waals surface area contributed by atoms with Crippen LogP contribution in [0.15, 0.2) is 76.3 Å². The van der Waals surface area contributed by atoms with E-state index in [1.165, 1.54) is 6.33 Å². The number of amides is 1. The molecule has 7 nitrogen and oxygen atoms in total. The number of nitrogens with one attached hydrogen (secondary N) is 1. The van der Waals surface area contributed by atoms with Crippen LogP contribution in [-0.2, 0) is 11.2 Å². The number of nitrogens with zero attached hydrogens (tertiary/aromatic N) is 3. The Bertz CT molecular complexity index is 1150. The Morgan fingerprint density at radius 3 is 2.67 bits per heavy atom. The number of rotatable bonds is 5. The molecule has 0 spiro atoms. The summed E-state index contributed by atoms with van der Waals surface area (Å²) in [6, 6.07) is 16.6. The van der Waals surface area contributed by atoms with Crippen LogP contribution in [0, 0.1) is 0 Å². The van der Waals surface area contributed by atoms with Gasteiger partial charge < -0.3 is 4.42 Å². The topological polar surface area (TPSA) is 90.0 Å². The monoisotopic (exact) mass is 360 g/mol. The van der Waals surface area contributed by atoms with Crippen LogP contribution in [0.4, 0.5) is 0 Å². The molecule has 2 aromatic carbocycles. The van der Waals surface area contributed by atoms with Crippen molar-refractivity contribution in [3.8, 4) is 11.3 Å². The van der Waals surface area contributed by atoms with E-state index in [1.807, 2.05) is 30.3 Å². The molecule has 0 bridgehead atoms. The average molecular weight is 360 g/mol. The molecule has 1 N–H and O–H groups in total. The third-order valence-electron chi connectivity index (χ3n) is 4.09. The molecule has 0 atom stereocenters. The van der Waals surface area contributed by atoms with Crippen molar-refractivity contribution in [3.05, 3.63) is 83.4 Å². The quantitative estimate of drug-likeness (QED) is 0.591. The van der Waals surface area contributed by atoms with Crippen LogP contribution in [0.2, 0.25) is 0 Å². The van der Waals surface area contributed by atoms with Crippen molar-refractivity contribution < 1.29 is 9.21 Å². The molecule has 7 heteroatoms. The normalized spacial score (nSPS) is 10.8. The maximum Gasteiger partial charge on any atom is 0.280 e. The molecule has 0 aliphatic heterocycles. The third-order valence-corrected chi connectivity index (χ3v) is 4.09. The number of carbonyl (C=O) groups is 1. The lowest BCUT2D eigenvalue weighted by atomic mass is 10.2. The van der Waals surface area contributed by atoms with Crippen LogP contribution < -0.4 is 11.0 Å². The lowest BCUT2D eigenvalue weighted by Gasteiger charge is -2.07. The van der Waals surface area contributed by atoms with Gasteiger partial charge in [0, 0.05) is 18.4 Å². The second-order valence-corrected chi connectivity index (χ2v) is 5.96. The number of fused-ring (bicyclic) bond motifs is 1. The zero-order chi connectivity index (χ0) is 18.6. The summed E-state index contributed by atoms with van der Waals surface area (Å²) in [4.78, 5) is 32.9. The van der Waals surface area contributed by atoms with Gasteiger partial charge in [-0.2, -0.15) is 0 Å². The number of aromatic nitrogens is 3. The molecule has 0 radical (unpaired) electrons. The van der Waals surface area contributed by atoms with E-state index in [-0.39, 0.29) is 17.9 Å². The first kappa shape index (κ1) is 16.7. The van der Waals surface area contributed by atoms with E-state index in [4.69, 9.17) is 4.42 Å². The van der Waals surface area contributed by atoms with Crippen molar-refractivity contribution in [1.82, 2.24) is 14.6 Å². The van der Waals surface area contributed by atoms with Crippen LogP contribution in [0.25, 0.3) is 22.2 Å². The molecule has 4 aromatic rings. The van der Waals surface area contributed by atoms with Crippen LogP contribution in [0.1, 0.15) is 12.3 Å². The Balaban J connectivity index is 1.41. The van der Waals surface area contributed by atoms with E-state index >= 15 is 0 Å². The van der Waals surface area contributed by atoms with Gasteiger partial charge >= 0.3 is 0 Å². The van der Waals surface area contributed by atoms with Gasteiger partial charge in [-0.25, -0.2) is 14.6 Å². The fraction of sp³-hybridized carbons (Fsp3) is 0.100. The first-order valence-corrected chi connectivity index (χ1v) is 8.47. The van der Waals surface area contributed by atoms with Crippen molar-refractivity contribution in [2.75, 3.05) is 5.43 Å². The summed E-state index contributed by atoms with van der Waals surface area (Å²) in [7, 11) is 0. The summed E-state index contributed by atoms with van der Waals surface area (Å²) in [5, 5.41) is 0.445. The fourth-order valence-corrected chi connectivity index (χ4v) is 2.72. The van der Waals surface area contributed by atoms with Crippen LogP contribution in [0.5, 0.6) is 0 Å². The Labute approximate surface area is 154 Å². The Hall–Kier alpha value is -3.74. The first-order valence-electron chi connectivity index (χ1n) is 8.47. The number of hydrogen-bond acceptors (Lipinski definition) is 5. The molecule has 0 aliphatic carbocycles. The zero-order valence-electron chi connectivity index (χ0n) is 14.3. The first-order chi connectivity index (χ1) is 13.2. The van der Waals surface area contributed by atoms with Crippen LogP contribution >= 0.6 is 0 Å². The van der Waals surface area contributed by atoms with E-state index in [1.54, 1.807) is 30.5 Å². The van der Waals surface area contributed by atoms with Gasteiger partial charge in [0.2, 0.25) is 5.91 Å². The predicted molar refractivity (Wildman–Crippen MR) is 101 cm³/mol. The third kappa shape index (κ3) is 3.62. The zero-order valence-corrected chi connectivity index (χ0v) is 14.3. The maximum atomic E-state index is 12.4. The van der Waals surface area contributed by atoms with Crippen LogP contribution in [-0.4, -0.2) is 20.6 Å². The van der Waals surface area contributed by atoms with Gasteiger partial charge in [-0.1, -0.05) is 42.5 Å². The van der Waals surface area contributed by atoms with Gasteiger partial charge in [-0.3, -0.25) is 15.0 Å². The number of benzene rings is 2. The molecule has 1 amide bonds. The van der Waals surface area contributed by atoms with Crippen molar-refractivity contribution in [2.45, 2.75) is 12.8 Å². The van der Waals surface area contributed by atoms with Gasteiger partial charge in [0.05, 0.1) is 17.1 Å². The van der Waals surface area contributed by atoms with Crippen molar-refractivity contribution >= 4 is 16.8 Å². The molecular formula is C20H16N4O3. The number of carbonyl (C=O) groups excluding carboxylic acids is 1. The second-order valence-electron chi connectivity index (χ2n) is 5.96. The van der Waals surface area contributed by atoms with Crippen molar-refractivity contribution in [1.29, 1.82) is 0 Å². The smallest absolute Gasteiger partial charge is 0.280 e. The molecule has 2 heterocycles. The number of hydrogen-bond donors (Lipinski definition) is 1. The Morgan fingerprint density at radius 2 is 1.81 bits per heavy atom. The van der Waals surface area contributed by atoms with Gasteiger partial charge in [-0.15, -0.1) is 0 Å². The Kier molecular flexibility index (Phi) is 4.49. The summed E-state index contributed by atoms with van der Waals surface area (Å²) in [5.41, 5.74) is 3.73. The average Bonchev–Trinajstić information content (AvgIpc) is 3.19. The van der Waals surface area contributed by atoms with Gasteiger partial charge in [0.15, 0.2) is 11.7 Å². The van der Waals surface area contributed by atoms with Gasteiger partial charge in [-0.05, 0) is 12.1 Å². The molecule has 0 unspecified atom stereocenters. The molecule has 0 saturated heterocycles. The highest BCUT2D eigenvalue weighted by molar-refractivity contribution is 5.84.